The van der Waals surface area contributed by atoms with Crippen LogP contribution in [0.2, 0.25) is 0 Å². The molecule has 1 heterocycles. The lowest BCUT2D eigenvalue weighted by molar-refractivity contribution is -0.127. The largest absolute Gasteiger partial charge is 0.383 e. The second-order valence-corrected chi connectivity index (χ2v) is 6.45. The van der Waals surface area contributed by atoms with E-state index in [0.29, 0.717) is 31.7 Å². The highest BCUT2D eigenvalue weighted by molar-refractivity contribution is 5.86. The van der Waals surface area contributed by atoms with Crippen molar-refractivity contribution >= 4 is 11.9 Å². The summed E-state index contributed by atoms with van der Waals surface area (Å²) < 4.78 is 7.11. The Morgan fingerprint density at radius 3 is 2.84 bits per heavy atom. The van der Waals surface area contributed by atoms with Crippen molar-refractivity contribution in [1.82, 2.24) is 25.3 Å². The normalized spacial score (nSPS) is 15.4. The molecule has 0 spiro atoms. The summed E-state index contributed by atoms with van der Waals surface area (Å²) in [5, 5.41) is 10.8. The van der Waals surface area contributed by atoms with Gasteiger partial charge >= 0.3 is 0 Å². The SMILES string of the molecule is COCCNC(=NCc1ccn(C2CCCC2)n1)NCC(=O)N(C)C. The number of aromatic nitrogens is 2. The lowest BCUT2D eigenvalue weighted by Gasteiger charge is -2.14. The zero-order chi connectivity index (χ0) is 18.1. The Hall–Kier alpha value is -2.09. The molecular weight excluding hydrogens is 320 g/mol. The number of hydrogen-bond donors (Lipinski definition) is 2. The fraction of sp³-hybridized carbons (Fsp3) is 0.706. The van der Waals surface area contributed by atoms with Crippen LogP contribution in [0.5, 0.6) is 0 Å². The number of methoxy groups -OCH3 is 1. The first kappa shape index (κ1) is 19.2. The molecule has 1 amide bonds. The molecule has 2 rings (SSSR count). The maximum atomic E-state index is 11.7. The average molecular weight is 350 g/mol. The summed E-state index contributed by atoms with van der Waals surface area (Å²) in [6.07, 6.45) is 7.04. The van der Waals surface area contributed by atoms with Gasteiger partial charge < -0.3 is 20.3 Å². The summed E-state index contributed by atoms with van der Waals surface area (Å²) in [7, 11) is 5.11. The third-order valence-electron chi connectivity index (χ3n) is 4.27. The van der Waals surface area contributed by atoms with E-state index in [0.717, 1.165) is 5.69 Å². The minimum atomic E-state index is -0.00764. The lowest BCUT2D eigenvalue weighted by Crippen LogP contribution is -2.43. The van der Waals surface area contributed by atoms with Gasteiger partial charge in [-0.1, -0.05) is 12.8 Å². The molecule has 0 aliphatic heterocycles. The summed E-state index contributed by atoms with van der Waals surface area (Å²) in [4.78, 5) is 17.8. The second-order valence-electron chi connectivity index (χ2n) is 6.45. The second kappa shape index (κ2) is 10.0. The Bertz CT molecular complexity index is 563. The maximum absolute atomic E-state index is 11.7. The van der Waals surface area contributed by atoms with Crippen molar-refractivity contribution in [3.05, 3.63) is 18.0 Å². The zero-order valence-electron chi connectivity index (χ0n) is 15.5. The summed E-state index contributed by atoms with van der Waals surface area (Å²) in [6, 6.07) is 2.55. The molecule has 140 valence electrons. The first-order valence-electron chi connectivity index (χ1n) is 8.85. The zero-order valence-corrected chi connectivity index (χ0v) is 15.5. The van der Waals surface area contributed by atoms with E-state index in [2.05, 4.69) is 25.4 Å². The highest BCUT2D eigenvalue weighted by Crippen LogP contribution is 2.28. The molecule has 25 heavy (non-hydrogen) atoms. The average Bonchev–Trinajstić information content (AvgIpc) is 3.27. The lowest BCUT2D eigenvalue weighted by atomic mass is 10.3. The van der Waals surface area contributed by atoms with Gasteiger partial charge in [0.2, 0.25) is 5.91 Å². The number of amides is 1. The number of ether oxygens (including phenoxy) is 1. The van der Waals surface area contributed by atoms with Crippen molar-refractivity contribution in [3.63, 3.8) is 0 Å². The summed E-state index contributed by atoms with van der Waals surface area (Å²) in [6.45, 7) is 1.86. The van der Waals surface area contributed by atoms with E-state index in [4.69, 9.17) is 4.74 Å². The predicted octanol–water partition coefficient (Wildman–Crippen LogP) is 0.768. The highest BCUT2D eigenvalue weighted by atomic mass is 16.5. The van der Waals surface area contributed by atoms with Gasteiger partial charge in [0.25, 0.3) is 0 Å². The van der Waals surface area contributed by atoms with Gasteiger partial charge in [-0.15, -0.1) is 0 Å². The number of carbonyl (C=O) groups is 1. The minimum Gasteiger partial charge on any atom is -0.383 e. The number of aliphatic imine (C=N–C) groups is 1. The summed E-state index contributed by atoms with van der Waals surface area (Å²) in [5.41, 5.74) is 0.929. The fourth-order valence-corrected chi connectivity index (χ4v) is 2.76. The maximum Gasteiger partial charge on any atom is 0.241 e. The molecule has 1 aromatic rings. The Labute approximate surface area is 149 Å². The molecule has 2 N–H and O–H groups in total. The van der Waals surface area contributed by atoms with Crippen molar-refractivity contribution < 1.29 is 9.53 Å². The van der Waals surface area contributed by atoms with Crippen LogP contribution in [-0.2, 0) is 16.1 Å². The van der Waals surface area contributed by atoms with Gasteiger partial charge in [-0.25, -0.2) is 4.99 Å². The Balaban J connectivity index is 1.91. The fourth-order valence-electron chi connectivity index (χ4n) is 2.76. The molecule has 8 nitrogen and oxygen atoms in total. The number of likely N-dealkylation sites (N-methyl/N-ethyl adjacent to an activating group) is 1. The van der Waals surface area contributed by atoms with E-state index in [-0.39, 0.29) is 12.5 Å². The molecule has 0 unspecified atom stereocenters. The van der Waals surface area contributed by atoms with Gasteiger partial charge in [0.05, 0.1) is 31.4 Å². The minimum absolute atomic E-state index is 0.00764. The van der Waals surface area contributed by atoms with Crippen molar-refractivity contribution in [1.29, 1.82) is 0 Å². The molecule has 8 heteroatoms. The van der Waals surface area contributed by atoms with Crippen LogP contribution in [0.1, 0.15) is 37.4 Å². The van der Waals surface area contributed by atoms with Gasteiger partial charge in [0.15, 0.2) is 5.96 Å². The van der Waals surface area contributed by atoms with E-state index >= 15 is 0 Å². The van der Waals surface area contributed by atoms with Crippen LogP contribution in [0.15, 0.2) is 17.3 Å². The van der Waals surface area contributed by atoms with E-state index in [9.17, 15) is 4.79 Å². The monoisotopic (exact) mass is 350 g/mol. The van der Waals surface area contributed by atoms with Crippen molar-refractivity contribution in [2.45, 2.75) is 38.3 Å². The van der Waals surface area contributed by atoms with Crippen LogP contribution in [0.4, 0.5) is 0 Å². The van der Waals surface area contributed by atoms with E-state index in [1.165, 1.54) is 25.7 Å². The van der Waals surface area contributed by atoms with Crippen molar-refractivity contribution in [3.8, 4) is 0 Å². The van der Waals surface area contributed by atoms with E-state index < -0.39 is 0 Å². The van der Waals surface area contributed by atoms with Gasteiger partial charge in [0.1, 0.15) is 0 Å². The summed E-state index contributed by atoms with van der Waals surface area (Å²) >= 11 is 0. The van der Waals surface area contributed by atoms with Crippen LogP contribution in [0, 0.1) is 0 Å². The number of rotatable bonds is 8. The Morgan fingerprint density at radius 1 is 1.40 bits per heavy atom. The van der Waals surface area contributed by atoms with Crippen LogP contribution < -0.4 is 10.6 Å². The van der Waals surface area contributed by atoms with E-state index in [1.807, 2.05) is 12.3 Å². The molecule has 0 aromatic carbocycles. The molecule has 1 aliphatic carbocycles. The smallest absolute Gasteiger partial charge is 0.241 e. The van der Waals surface area contributed by atoms with Gasteiger partial charge in [-0.05, 0) is 18.9 Å². The topological polar surface area (TPSA) is 83.8 Å². The van der Waals surface area contributed by atoms with Crippen LogP contribution in [0.25, 0.3) is 0 Å². The van der Waals surface area contributed by atoms with E-state index in [1.54, 1.807) is 26.1 Å². The highest BCUT2D eigenvalue weighted by Gasteiger charge is 2.17. The molecule has 1 fully saturated rings. The number of carbonyl (C=O) groups excluding carboxylic acids is 1. The van der Waals surface area contributed by atoms with Crippen molar-refractivity contribution in [2.75, 3.05) is 40.9 Å². The molecule has 0 saturated heterocycles. The third kappa shape index (κ3) is 6.38. The Kier molecular flexibility index (Phi) is 7.72. The number of nitrogens with one attached hydrogen (secondary N) is 2. The third-order valence-corrected chi connectivity index (χ3v) is 4.27. The quantitative estimate of drug-likeness (QED) is 0.411. The molecule has 0 atom stereocenters. The Morgan fingerprint density at radius 2 is 2.16 bits per heavy atom. The van der Waals surface area contributed by atoms with Crippen molar-refractivity contribution in [2.24, 2.45) is 4.99 Å². The molecular formula is C17H30N6O2. The van der Waals surface area contributed by atoms with Crippen LogP contribution >= 0.6 is 0 Å². The number of guanidine groups is 1. The molecule has 1 saturated carbocycles. The molecule has 1 aliphatic rings. The first-order valence-corrected chi connectivity index (χ1v) is 8.85. The summed E-state index contributed by atoms with van der Waals surface area (Å²) in [5.74, 6) is 0.578. The van der Waals surface area contributed by atoms with Gasteiger partial charge in [-0.3, -0.25) is 9.48 Å². The first-order chi connectivity index (χ1) is 12.1. The number of nitrogens with zero attached hydrogens (tertiary/aromatic N) is 4. The molecule has 0 radical (unpaired) electrons. The van der Waals surface area contributed by atoms with Crippen LogP contribution in [0.3, 0.4) is 0 Å². The van der Waals surface area contributed by atoms with Gasteiger partial charge in [0, 0.05) is 33.9 Å². The standard InChI is InChI=1S/C17H30N6O2/c1-22(2)16(24)13-20-17(18-9-11-25-3)19-12-14-8-10-23(21-14)15-6-4-5-7-15/h8,10,15H,4-7,9,11-13H2,1-3H3,(H2,18,19,20). The van der Waals surface area contributed by atoms with Crippen LogP contribution in [-0.4, -0.2) is 67.4 Å². The predicted molar refractivity (Wildman–Crippen MR) is 97.4 cm³/mol. The number of hydrogen-bond acceptors (Lipinski definition) is 4. The molecule has 1 aromatic heterocycles. The molecule has 0 bridgehead atoms. The van der Waals surface area contributed by atoms with Gasteiger partial charge in [-0.2, -0.15) is 5.10 Å².